The molecule has 0 radical (unpaired) electrons. The highest BCUT2D eigenvalue weighted by Crippen LogP contribution is 2.06. The van der Waals surface area contributed by atoms with E-state index < -0.39 is 60.9 Å². The second-order valence-corrected chi connectivity index (χ2v) is 7.83. The molecule has 0 aromatic heterocycles. The van der Waals surface area contributed by atoms with Gasteiger partial charge in [-0.05, 0) is 25.3 Å². The molecule has 0 fully saturated rings. The van der Waals surface area contributed by atoms with E-state index in [1.165, 1.54) is 6.92 Å². The van der Waals surface area contributed by atoms with Gasteiger partial charge in [0, 0.05) is 0 Å². The number of nitrogens with one attached hydrogen (secondary N) is 3. The number of carbonyl (C=O) groups is 5. The van der Waals surface area contributed by atoms with Crippen LogP contribution in [0.1, 0.15) is 39.7 Å². The smallest absolute Gasteiger partial charge is 0.408 e. The van der Waals surface area contributed by atoms with Gasteiger partial charge in [0.15, 0.2) is 5.78 Å². The molecule has 0 aliphatic carbocycles. The van der Waals surface area contributed by atoms with Crippen molar-refractivity contribution in [3.05, 3.63) is 35.9 Å². The fraction of sp³-hybridized carbons (Fsp3) is 0.522. The number of alkyl carbamates (subject to hydrolysis) is 1. The minimum absolute atomic E-state index is 0.0162. The van der Waals surface area contributed by atoms with E-state index in [0.29, 0.717) is 0 Å². The molecule has 3 N–H and O–H groups in total. The summed E-state index contributed by atoms with van der Waals surface area (Å²) in [4.78, 5) is 60.7. The number of alkyl halides is 1. The molecule has 0 aliphatic heterocycles. The largest absolute Gasteiger partial charge is 0.466 e. The Morgan fingerprint density at radius 1 is 0.912 bits per heavy atom. The van der Waals surface area contributed by atoms with Gasteiger partial charge in [0.2, 0.25) is 11.8 Å². The molecule has 0 saturated heterocycles. The van der Waals surface area contributed by atoms with Gasteiger partial charge in [-0.25, -0.2) is 9.18 Å². The number of amides is 3. The number of halogens is 1. The number of Topliss-reactive ketones (excluding diaryl/α,β-unsaturated/α-hetero) is 1. The van der Waals surface area contributed by atoms with Crippen LogP contribution in [0.5, 0.6) is 0 Å². The molecule has 0 aliphatic rings. The van der Waals surface area contributed by atoms with Crippen LogP contribution < -0.4 is 16.0 Å². The van der Waals surface area contributed by atoms with Crippen LogP contribution >= 0.6 is 0 Å². The molecule has 0 bridgehead atoms. The van der Waals surface area contributed by atoms with Gasteiger partial charge in [-0.15, -0.1) is 0 Å². The predicted octanol–water partition coefficient (Wildman–Crippen LogP) is 1.42. The number of hydrogen-bond donors (Lipinski definition) is 3. The van der Waals surface area contributed by atoms with Crippen molar-refractivity contribution in [2.75, 3.05) is 13.3 Å². The maximum absolute atomic E-state index is 12.8. The van der Waals surface area contributed by atoms with Crippen molar-refractivity contribution in [2.24, 2.45) is 5.92 Å². The lowest BCUT2D eigenvalue weighted by molar-refractivity contribution is -0.145. The first kappa shape index (κ1) is 28.5. The Morgan fingerprint density at radius 2 is 1.56 bits per heavy atom. The van der Waals surface area contributed by atoms with Crippen molar-refractivity contribution < 1.29 is 37.8 Å². The molecule has 3 atom stereocenters. The second-order valence-electron chi connectivity index (χ2n) is 7.83. The van der Waals surface area contributed by atoms with Crippen molar-refractivity contribution in [2.45, 2.75) is 58.8 Å². The SMILES string of the molecule is CCOC(=O)CC(NC(=O)[C@H](C)NC(=O)[C@@H](NC(=O)OCc1ccccc1)C(C)C)C(=O)CF. The second kappa shape index (κ2) is 14.6. The van der Waals surface area contributed by atoms with Gasteiger partial charge in [-0.3, -0.25) is 19.2 Å². The van der Waals surface area contributed by atoms with Gasteiger partial charge < -0.3 is 25.4 Å². The number of ether oxygens (including phenoxy) is 2. The lowest BCUT2D eigenvalue weighted by Crippen LogP contribution is -2.56. The van der Waals surface area contributed by atoms with Crippen molar-refractivity contribution in [3.8, 4) is 0 Å². The van der Waals surface area contributed by atoms with Gasteiger partial charge in [-0.1, -0.05) is 44.2 Å². The average Bonchev–Trinajstić information content (AvgIpc) is 2.80. The minimum atomic E-state index is -1.43. The number of carbonyl (C=O) groups excluding carboxylic acids is 5. The van der Waals surface area contributed by atoms with Gasteiger partial charge in [-0.2, -0.15) is 0 Å². The van der Waals surface area contributed by atoms with Crippen LogP contribution in [0.3, 0.4) is 0 Å². The molecule has 34 heavy (non-hydrogen) atoms. The van der Waals surface area contributed by atoms with Crippen LogP contribution in [0.15, 0.2) is 30.3 Å². The molecule has 0 heterocycles. The summed E-state index contributed by atoms with van der Waals surface area (Å²) in [7, 11) is 0. The normalized spacial score (nSPS) is 13.2. The van der Waals surface area contributed by atoms with Gasteiger partial charge in [0.1, 0.15) is 31.4 Å². The Morgan fingerprint density at radius 3 is 2.12 bits per heavy atom. The fourth-order valence-electron chi connectivity index (χ4n) is 2.82. The molecule has 1 rings (SSSR count). The summed E-state index contributed by atoms with van der Waals surface area (Å²) in [6, 6.07) is 5.40. The Bertz CT molecular complexity index is 848. The summed E-state index contributed by atoms with van der Waals surface area (Å²) in [5, 5.41) is 7.16. The van der Waals surface area contributed by atoms with Gasteiger partial charge in [0.05, 0.1) is 13.0 Å². The monoisotopic (exact) mass is 481 g/mol. The molecule has 11 heteroatoms. The number of ketones is 1. The minimum Gasteiger partial charge on any atom is -0.466 e. The lowest BCUT2D eigenvalue weighted by Gasteiger charge is -2.24. The Balaban J connectivity index is 2.69. The van der Waals surface area contributed by atoms with Crippen LogP contribution in [0, 0.1) is 5.92 Å². The van der Waals surface area contributed by atoms with Gasteiger partial charge >= 0.3 is 12.1 Å². The standard InChI is InChI=1S/C23H32FN3O7/c1-5-33-19(29)11-17(18(28)12-24)26-21(30)15(4)25-22(31)20(14(2)3)27-23(32)34-13-16-9-7-6-8-10-16/h6-10,14-15,17,20H,5,11-13H2,1-4H3,(H,25,31)(H,26,30)(H,27,32)/t15-,17?,20-/m0/s1. The maximum atomic E-state index is 12.8. The lowest BCUT2D eigenvalue weighted by atomic mass is 10.0. The molecular formula is C23H32FN3O7. The topological polar surface area (TPSA) is 140 Å². The molecule has 0 spiro atoms. The van der Waals surface area contributed by atoms with E-state index in [1.807, 2.05) is 6.07 Å². The third-order valence-electron chi connectivity index (χ3n) is 4.70. The number of esters is 1. The zero-order valence-corrected chi connectivity index (χ0v) is 19.8. The fourth-order valence-corrected chi connectivity index (χ4v) is 2.82. The molecule has 10 nitrogen and oxygen atoms in total. The van der Waals surface area contributed by atoms with Crippen molar-refractivity contribution in [3.63, 3.8) is 0 Å². The summed E-state index contributed by atoms with van der Waals surface area (Å²) in [5.74, 6) is -3.58. The van der Waals surface area contributed by atoms with Gasteiger partial charge in [0.25, 0.3) is 0 Å². The van der Waals surface area contributed by atoms with Crippen LogP contribution in [-0.4, -0.2) is 61.1 Å². The van der Waals surface area contributed by atoms with Crippen LogP contribution in [0.2, 0.25) is 0 Å². The van der Waals surface area contributed by atoms with Crippen LogP contribution in [-0.2, 0) is 35.3 Å². The highest BCUT2D eigenvalue weighted by Gasteiger charge is 2.30. The predicted molar refractivity (Wildman–Crippen MR) is 120 cm³/mol. The zero-order valence-electron chi connectivity index (χ0n) is 19.8. The molecule has 0 saturated carbocycles. The summed E-state index contributed by atoms with van der Waals surface area (Å²) < 4.78 is 22.7. The van der Waals surface area contributed by atoms with Crippen LogP contribution in [0.4, 0.5) is 9.18 Å². The number of hydrogen-bond acceptors (Lipinski definition) is 7. The third-order valence-corrected chi connectivity index (χ3v) is 4.70. The zero-order chi connectivity index (χ0) is 25.7. The number of benzene rings is 1. The van der Waals surface area contributed by atoms with E-state index in [9.17, 15) is 28.4 Å². The molecule has 3 amide bonds. The van der Waals surface area contributed by atoms with E-state index in [0.717, 1.165) is 5.56 Å². The number of rotatable bonds is 13. The quantitative estimate of drug-likeness (QED) is 0.362. The Kier molecular flexibility index (Phi) is 12.3. The molecule has 1 aromatic carbocycles. The first-order valence-electron chi connectivity index (χ1n) is 10.9. The van der Waals surface area contributed by atoms with E-state index in [4.69, 9.17) is 9.47 Å². The first-order chi connectivity index (χ1) is 16.1. The molecule has 1 aromatic rings. The maximum Gasteiger partial charge on any atom is 0.408 e. The summed E-state index contributed by atoms with van der Waals surface area (Å²) in [5.41, 5.74) is 0.772. The van der Waals surface area contributed by atoms with E-state index in [-0.39, 0.29) is 19.1 Å². The van der Waals surface area contributed by atoms with E-state index >= 15 is 0 Å². The molecular weight excluding hydrogens is 449 g/mol. The highest BCUT2D eigenvalue weighted by atomic mass is 19.1. The van der Waals surface area contributed by atoms with E-state index in [1.54, 1.807) is 45.0 Å². The summed E-state index contributed by atoms with van der Waals surface area (Å²) >= 11 is 0. The third kappa shape index (κ3) is 9.97. The first-order valence-corrected chi connectivity index (χ1v) is 10.9. The van der Waals surface area contributed by atoms with Crippen molar-refractivity contribution >= 4 is 29.7 Å². The Labute approximate surface area is 197 Å². The molecule has 1 unspecified atom stereocenters. The summed E-state index contributed by atoms with van der Waals surface area (Å²) in [6.45, 7) is 5.00. The Hall–Kier alpha value is -3.50. The highest BCUT2D eigenvalue weighted by molar-refractivity contribution is 5.96. The average molecular weight is 482 g/mol. The van der Waals surface area contributed by atoms with Crippen molar-refractivity contribution in [1.82, 2.24) is 16.0 Å². The molecule has 188 valence electrons. The van der Waals surface area contributed by atoms with E-state index in [2.05, 4.69) is 16.0 Å². The van der Waals surface area contributed by atoms with Crippen LogP contribution in [0.25, 0.3) is 0 Å². The van der Waals surface area contributed by atoms with Crippen molar-refractivity contribution in [1.29, 1.82) is 0 Å². The summed E-state index contributed by atoms with van der Waals surface area (Å²) in [6.07, 6.45) is -1.34.